The van der Waals surface area contributed by atoms with Crippen molar-refractivity contribution in [3.8, 4) is 0 Å². The van der Waals surface area contributed by atoms with Crippen molar-refractivity contribution in [1.82, 2.24) is 0 Å². The Hall–Kier alpha value is -0.120. The Labute approximate surface area is 206 Å². The summed E-state index contributed by atoms with van der Waals surface area (Å²) in [4.78, 5) is 0. The Morgan fingerprint density at radius 3 is 1.67 bits per heavy atom. The fraction of sp³-hybridized carbons (Fsp3) is 1.00. The van der Waals surface area contributed by atoms with Crippen molar-refractivity contribution in [1.29, 1.82) is 0 Å². The molecule has 3 heteroatoms. The van der Waals surface area contributed by atoms with Crippen molar-refractivity contribution < 1.29 is 14.6 Å². The molecule has 2 aliphatic heterocycles. The summed E-state index contributed by atoms with van der Waals surface area (Å²) in [6.45, 7) is 4.56. The molecule has 0 saturated carbocycles. The summed E-state index contributed by atoms with van der Waals surface area (Å²) in [6.07, 6.45) is 30.3. The molecule has 0 radical (unpaired) electrons. The average molecular weight is 467 g/mol. The molecule has 0 aromatic rings. The molecule has 3 nitrogen and oxygen atoms in total. The first-order valence-electron chi connectivity index (χ1n) is 15.2. The van der Waals surface area contributed by atoms with Crippen LogP contribution in [0.25, 0.3) is 0 Å². The number of unbranched alkanes of at least 4 members (excludes halogenated alkanes) is 15. The van der Waals surface area contributed by atoms with Crippen molar-refractivity contribution in [2.24, 2.45) is 0 Å². The van der Waals surface area contributed by atoms with Gasteiger partial charge in [0.05, 0.1) is 30.5 Å². The lowest BCUT2D eigenvalue weighted by atomic mass is 10.0. The Morgan fingerprint density at radius 1 is 0.576 bits per heavy atom. The van der Waals surface area contributed by atoms with Gasteiger partial charge in [-0.05, 0) is 38.5 Å². The molecule has 0 aromatic heterocycles. The van der Waals surface area contributed by atoms with Crippen LogP contribution in [0.1, 0.15) is 162 Å². The monoisotopic (exact) mass is 466 g/mol. The lowest BCUT2D eigenvalue weighted by Gasteiger charge is -2.23. The number of rotatable bonds is 21. The summed E-state index contributed by atoms with van der Waals surface area (Å²) in [5, 5.41) is 10.6. The van der Waals surface area contributed by atoms with Crippen molar-refractivity contribution in [2.45, 2.75) is 192 Å². The highest BCUT2D eigenvalue weighted by Crippen LogP contribution is 2.34. The topological polar surface area (TPSA) is 38.7 Å². The van der Waals surface area contributed by atoms with Crippen LogP contribution in [0.5, 0.6) is 0 Å². The summed E-state index contributed by atoms with van der Waals surface area (Å²) in [5.41, 5.74) is 0. The summed E-state index contributed by atoms with van der Waals surface area (Å²) >= 11 is 0. The number of ether oxygens (including phenoxy) is 2. The van der Waals surface area contributed by atoms with E-state index in [4.69, 9.17) is 9.47 Å². The van der Waals surface area contributed by atoms with Gasteiger partial charge in [-0.2, -0.15) is 0 Å². The zero-order valence-electron chi connectivity index (χ0n) is 22.4. The number of aliphatic hydroxyl groups is 1. The van der Waals surface area contributed by atoms with E-state index in [2.05, 4.69) is 13.8 Å². The van der Waals surface area contributed by atoms with Gasteiger partial charge in [-0.3, -0.25) is 0 Å². The number of aliphatic hydroxyl groups excluding tert-OH is 1. The van der Waals surface area contributed by atoms with Crippen LogP contribution < -0.4 is 0 Å². The zero-order chi connectivity index (χ0) is 23.6. The van der Waals surface area contributed by atoms with Gasteiger partial charge in [0.2, 0.25) is 0 Å². The molecule has 2 aliphatic rings. The minimum atomic E-state index is -0.283. The van der Waals surface area contributed by atoms with E-state index in [0.29, 0.717) is 6.10 Å². The summed E-state index contributed by atoms with van der Waals surface area (Å²) < 4.78 is 12.7. The lowest BCUT2D eigenvalue weighted by molar-refractivity contribution is -0.0940. The zero-order valence-corrected chi connectivity index (χ0v) is 22.4. The SMILES string of the molecule is CCCCCCCCCCC[C@H]1CC[C@H]([C@H]2CC[C@H]([C@H](O)CCCCCCCCCC)O2)O1. The molecule has 0 amide bonds. The minimum Gasteiger partial charge on any atom is -0.390 e. The first kappa shape index (κ1) is 29.1. The predicted molar refractivity (Wildman–Crippen MR) is 141 cm³/mol. The van der Waals surface area contributed by atoms with Gasteiger partial charge in [-0.15, -0.1) is 0 Å². The van der Waals surface area contributed by atoms with E-state index in [1.807, 2.05) is 0 Å². The van der Waals surface area contributed by atoms with Gasteiger partial charge in [0.15, 0.2) is 0 Å². The highest BCUT2D eigenvalue weighted by atomic mass is 16.6. The van der Waals surface area contributed by atoms with E-state index in [1.54, 1.807) is 0 Å². The fourth-order valence-electron chi connectivity index (χ4n) is 5.82. The van der Waals surface area contributed by atoms with Gasteiger partial charge in [-0.1, -0.05) is 123 Å². The lowest BCUT2D eigenvalue weighted by Crippen LogP contribution is -2.31. The molecule has 0 unspecified atom stereocenters. The maximum atomic E-state index is 10.6. The molecular weight excluding hydrogens is 408 g/mol. The Bertz CT molecular complexity index is 440. The van der Waals surface area contributed by atoms with Gasteiger partial charge in [0, 0.05) is 0 Å². The molecule has 0 bridgehead atoms. The quantitative estimate of drug-likeness (QED) is 0.172. The molecule has 0 spiro atoms. The van der Waals surface area contributed by atoms with Crippen LogP contribution in [0.3, 0.4) is 0 Å². The van der Waals surface area contributed by atoms with E-state index in [-0.39, 0.29) is 24.4 Å². The second kappa shape index (κ2) is 19.1. The fourth-order valence-corrected chi connectivity index (χ4v) is 5.82. The first-order valence-corrected chi connectivity index (χ1v) is 15.2. The van der Waals surface area contributed by atoms with E-state index in [0.717, 1.165) is 32.1 Å². The second-order valence-corrected chi connectivity index (χ2v) is 11.1. The van der Waals surface area contributed by atoms with E-state index in [1.165, 1.54) is 116 Å². The Balaban J connectivity index is 1.45. The molecular formula is C30H58O3. The normalized spacial score (nSPS) is 26.3. The third-order valence-corrected chi connectivity index (χ3v) is 8.05. The molecule has 2 rings (SSSR count). The van der Waals surface area contributed by atoms with Gasteiger partial charge < -0.3 is 14.6 Å². The summed E-state index contributed by atoms with van der Waals surface area (Å²) in [6, 6.07) is 0. The Kier molecular flexibility index (Phi) is 16.9. The number of hydrogen-bond donors (Lipinski definition) is 1. The molecule has 2 saturated heterocycles. The van der Waals surface area contributed by atoms with Gasteiger partial charge in [-0.25, -0.2) is 0 Å². The first-order chi connectivity index (χ1) is 16.2. The molecule has 1 N–H and O–H groups in total. The maximum absolute atomic E-state index is 10.6. The van der Waals surface area contributed by atoms with E-state index >= 15 is 0 Å². The highest BCUT2D eigenvalue weighted by molar-refractivity contribution is 4.87. The molecule has 2 heterocycles. The predicted octanol–water partition coefficient (Wildman–Crippen LogP) is 8.89. The molecule has 2 fully saturated rings. The van der Waals surface area contributed by atoms with Crippen LogP contribution in [0.4, 0.5) is 0 Å². The highest BCUT2D eigenvalue weighted by Gasteiger charge is 2.38. The minimum absolute atomic E-state index is 0.0412. The maximum Gasteiger partial charge on any atom is 0.0842 e. The van der Waals surface area contributed by atoms with Crippen molar-refractivity contribution in [2.75, 3.05) is 0 Å². The number of hydrogen-bond acceptors (Lipinski definition) is 3. The molecule has 5 atom stereocenters. The third-order valence-electron chi connectivity index (χ3n) is 8.05. The van der Waals surface area contributed by atoms with Gasteiger partial charge in [0.25, 0.3) is 0 Å². The van der Waals surface area contributed by atoms with Crippen LogP contribution in [-0.4, -0.2) is 35.6 Å². The largest absolute Gasteiger partial charge is 0.390 e. The van der Waals surface area contributed by atoms with Crippen molar-refractivity contribution >= 4 is 0 Å². The van der Waals surface area contributed by atoms with Crippen LogP contribution in [-0.2, 0) is 9.47 Å². The van der Waals surface area contributed by atoms with Crippen molar-refractivity contribution in [3.05, 3.63) is 0 Å². The van der Waals surface area contributed by atoms with Crippen molar-refractivity contribution in [3.63, 3.8) is 0 Å². The molecule has 0 aliphatic carbocycles. The van der Waals surface area contributed by atoms with E-state index in [9.17, 15) is 5.11 Å². The molecule has 196 valence electrons. The van der Waals surface area contributed by atoms with Crippen LogP contribution in [0, 0.1) is 0 Å². The van der Waals surface area contributed by atoms with Gasteiger partial charge >= 0.3 is 0 Å². The third kappa shape index (κ3) is 13.0. The van der Waals surface area contributed by atoms with Crippen LogP contribution in [0.15, 0.2) is 0 Å². The average Bonchev–Trinajstić information content (AvgIpc) is 3.49. The van der Waals surface area contributed by atoms with Gasteiger partial charge in [0.1, 0.15) is 0 Å². The van der Waals surface area contributed by atoms with Crippen LogP contribution >= 0.6 is 0 Å². The summed E-state index contributed by atoms with van der Waals surface area (Å²) in [7, 11) is 0. The smallest absolute Gasteiger partial charge is 0.0842 e. The Morgan fingerprint density at radius 2 is 1.06 bits per heavy atom. The second-order valence-electron chi connectivity index (χ2n) is 11.1. The molecule has 33 heavy (non-hydrogen) atoms. The standard InChI is InChI=1S/C30H58O3/c1-3-5-7-9-11-13-14-16-18-20-26-22-23-29(32-26)30-25-24-28(33-30)27(31)21-19-17-15-12-10-8-6-4-2/h26-31H,3-25H2,1-2H3/t26-,27+,28+,29+,30+/m0/s1. The summed E-state index contributed by atoms with van der Waals surface area (Å²) in [5.74, 6) is 0. The molecule has 0 aromatic carbocycles. The van der Waals surface area contributed by atoms with E-state index < -0.39 is 0 Å². The van der Waals surface area contributed by atoms with Crippen LogP contribution in [0.2, 0.25) is 0 Å².